The van der Waals surface area contributed by atoms with Crippen LogP contribution in [0.2, 0.25) is 0 Å². The third-order valence-electron chi connectivity index (χ3n) is 6.22. The Morgan fingerprint density at radius 2 is 1.74 bits per heavy atom. The molecular formula is C24H28N2O5. The van der Waals surface area contributed by atoms with Gasteiger partial charge in [-0.3, -0.25) is 9.69 Å². The number of hydrogen-bond donors (Lipinski definition) is 0. The molecule has 0 aromatic heterocycles. The quantitative estimate of drug-likeness (QED) is 0.709. The first-order chi connectivity index (χ1) is 15.2. The van der Waals surface area contributed by atoms with Crippen LogP contribution in [0.3, 0.4) is 0 Å². The van der Waals surface area contributed by atoms with Crippen LogP contribution in [0.4, 0.5) is 0 Å². The molecule has 0 bridgehead atoms. The van der Waals surface area contributed by atoms with Crippen molar-refractivity contribution >= 4 is 5.91 Å². The second-order valence-electron chi connectivity index (χ2n) is 8.16. The van der Waals surface area contributed by atoms with Crippen LogP contribution < -0.4 is 18.9 Å². The van der Waals surface area contributed by atoms with E-state index in [1.165, 1.54) is 6.42 Å². The van der Waals surface area contributed by atoms with Gasteiger partial charge in [0.05, 0.1) is 0 Å². The SMILES string of the molecule is CCN1CCC[C@@H]1CN(Cc1ccc2c(c1)OCCO2)C(=O)c1ccc2c(c1)OCO2. The predicted octanol–water partition coefficient (Wildman–Crippen LogP) is 3.31. The zero-order valence-electron chi connectivity index (χ0n) is 17.8. The Kier molecular flexibility index (Phi) is 5.59. The van der Waals surface area contributed by atoms with Crippen molar-refractivity contribution in [2.45, 2.75) is 32.4 Å². The van der Waals surface area contributed by atoms with Gasteiger partial charge in [-0.2, -0.15) is 0 Å². The molecule has 3 aliphatic heterocycles. The number of rotatable bonds is 6. The van der Waals surface area contributed by atoms with Crippen LogP contribution in [0.5, 0.6) is 23.0 Å². The summed E-state index contributed by atoms with van der Waals surface area (Å²) in [6.45, 7) is 6.79. The van der Waals surface area contributed by atoms with Crippen molar-refractivity contribution in [1.82, 2.24) is 9.80 Å². The van der Waals surface area contributed by atoms with Gasteiger partial charge >= 0.3 is 0 Å². The normalized spacial score (nSPS) is 19.5. The highest BCUT2D eigenvalue weighted by molar-refractivity contribution is 5.95. The van der Waals surface area contributed by atoms with Crippen molar-refractivity contribution in [3.05, 3.63) is 47.5 Å². The van der Waals surface area contributed by atoms with Gasteiger partial charge in [0.2, 0.25) is 6.79 Å². The Labute approximate surface area is 182 Å². The summed E-state index contributed by atoms with van der Waals surface area (Å²) in [7, 11) is 0. The lowest BCUT2D eigenvalue weighted by Crippen LogP contribution is -2.42. The average molecular weight is 424 g/mol. The maximum Gasteiger partial charge on any atom is 0.254 e. The Bertz CT molecular complexity index is 963. The van der Waals surface area contributed by atoms with E-state index in [-0.39, 0.29) is 12.7 Å². The van der Waals surface area contributed by atoms with Gasteiger partial charge in [0.25, 0.3) is 5.91 Å². The van der Waals surface area contributed by atoms with E-state index >= 15 is 0 Å². The predicted molar refractivity (Wildman–Crippen MR) is 115 cm³/mol. The molecule has 0 saturated carbocycles. The number of likely N-dealkylation sites (N-methyl/N-ethyl adjacent to an activating group) is 1. The van der Waals surface area contributed by atoms with Gasteiger partial charge in [-0.25, -0.2) is 0 Å². The summed E-state index contributed by atoms with van der Waals surface area (Å²) >= 11 is 0. The van der Waals surface area contributed by atoms with Crippen molar-refractivity contribution in [3.63, 3.8) is 0 Å². The van der Waals surface area contributed by atoms with Crippen molar-refractivity contribution in [1.29, 1.82) is 0 Å². The zero-order valence-corrected chi connectivity index (χ0v) is 17.8. The highest BCUT2D eigenvalue weighted by Crippen LogP contribution is 2.34. The number of amides is 1. The molecule has 1 atom stereocenters. The Morgan fingerprint density at radius 3 is 2.61 bits per heavy atom. The molecular weight excluding hydrogens is 396 g/mol. The number of hydrogen-bond acceptors (Lipinski definition) is 6. The maximum absolute atomic E-state index is 13.6. The Hall–Kier alpha value is -2.93. The molecule has 1 fully saturated rings. The lowest BCUT2D eigenvalue weighted by molar-refractivity contribution is 0.0691. The van der Waals surface area contributed by atoms with Crippen LogP contribution in [-0.4, -0.2) is 61.4 Å². The minimum atomic E-state index is -0.00357. The van der Waals surface area contributed by atoms with Gasteiger partial charge in [-0.1, -0.05) is 13.0 Å². The minimum absolute atomic E-state index is 0.00357. The summed E-state index contributed by atoms with van der Waals surface area (Å²) in [5.41, 5.74) is 1.64. The molecule has 1 saturated heterocycles. The number of carbonyl (C=O) groups is 1. The Balaban J connectivity index is 1.40. The Morgan fingerprint density at radius 1 is 1.00 bits per heavy atom. The molecule has 3 heterocycles. The van der Waals surface area contributed by atoms with E-state index < -0.39 is 0 Å². The summed E-state index contributed by atoms with van der Waals surface area (Å²) < 4.78 is 22.3. The molecule has 5 rings (SSSR count). The zero-order chi connectivity index (χ0) is 21.2. The lowest BCUT2D eigenvalue weighted by atomic mass is 10.1. The molecule has 31 heavy (non-hydrogen) atoms. The summed E-state index contributed by atoms with van der Waals surface area (Å²) in [6, 6.07) is 11.7. The van der Waals surface area contributed by atoms with Gasteiger partial charge in [0.15, 0.2) is 23.0 Å². The monoisotopic (exact) mass is 424 g/mol. The first kappa shape index (κ1) is 20.0. The third-order valence-corrected chi connectivity index (χ3v) is 6.22. The number of carbonyl (C=O) groups excluding carboxylic acids is 1. The van der Waals surface area contributed by atoms with E-state index in [2.05, 4.69) is 11.8 Å². The molecule has 7 nitrogen and oxygen atoms in total. The fourth-order valence-electron chi connectivity index (χ4n) is 4.61. The summed E-state index contributed by atoms with van der Waals surface area (Å²) in [5, 5.41) is 0. The standard InChI is InChI=1S/C24H28N2O5/c1-2-25-9-3-4-19(25)15-26(14-17-5-7-20-22(12-17)29-11-10-28-20)24(27)18-6-8-21-23(13-18)31-16-30-21/h5-8,12-13,19H,2-4,9-11,14-16H2,1H3/t19-/m1/s1. The fourth-order valence-corrected chi connectivity index (χ4v) is 4.61. The molecule has 0 radical (unpaired) electrons. The molecule has 7 heteroatoms. The second-order valence-corrected chi connectivity index (χ2v) is 8.16. The van der Waals surface area contributed by atoms with Gasteiger partial charge in [0.1, 0.15) is 13.2 Å². The van der Waals surface area contributed by atoms with Gasteiger partial charge in [-0.15, -0.1) is 0 Å². The molecule has 0 spiro atoms. The summed E-state index contributed by atoms with van der Waals surface area (Å²) in [5.74, 6) is 2.81. The molecule has 164 valence electrons. The highest BCUT2D eigenvalue weighted by atomic mass is 16.7. The third kappa shape index (κ3) is 4.14. The van der Waals surface area contributed by atoms with E-state index in [1.807, 2.05) is 35.2 Å². The largest absolute Gasteiger partial charge is 0.486 e. The van der Waals surface area contributed by atoms with Crippen LogP contribution in [0.15, 0.2) is 36.4 Å². The van der Waals surface area contributed by atoms with Gasteiger partial charge in [-0.05, 0) is 61.8 Å². The van der Waals surface area contributed by atoms with Gasteiger partial charge < -0.3 is 23.8 Å². The smallest absolute Gasteiger partial charge is 0.254 e. The van der Waals surface area contributed by atoms with Crippen molar-refractivity contribution in [2.24, 2.45) is 0 Å². The molecule has 2 aromatic rings. The number of ether oxygens (including phenoxy) is 4. The average Bonchev–Trinajstić information content (AvgIpc) is 3.46. The molecule has 1 amide bonds. The van der Waals surface area contributed by atoms with Gasteiger partial charge in [0, 0.05) is 24.7 Å². The topological polar surface area (TPSA) is 60.5 Å². The summed E-state index contributed by atoms with van der Waals surface area (Å²) in [6.07, 6.45) is 2.29. The first-order valence-electron chi connectivity index (χ1n) is 11.0. The van der Waals surface area contributed by atoms with Crippen LogP contribution in [0.1, 0.15) is 35.7 Å². The number of likely N-dealkylation sites (tertiary alicyclic amines) is 1. The van der Waals surface area contributed by atoms with Crippen LogP contribution >= 0.6 is 0 Å². The fraction of sp³-hybridized carbons (Fsp3) is 0.458. The van der Waals surface area contributed by atoms with Crippen LogP contribution in [-0.2, 0) is 6.54 Å². The lowest BCUT2D eigenvalue weighted by Gasteiger charge is -2.31. The number of benzene rings is 2. The minimum Gasteiger partial charge on any atom is -0.486 e. The van der Waals surface area contributed by atoms with E-state index in [4.69, 9.17) is 18.9 Å². The highest BCUT2D eigenvalue weighted by Gasteiger charge is 2.29. The molecule has 2 aromatic carbocycles. The van der Waals surface area contributed by atoms with Crippen molar-refractivity contribution < 1.29 is 23.7 Å². The van der Waals surface area contributed by atoms with E-state index in [1.54, 1.807) is 6.07 Å². The summed E-state index contributed by atoms with van der Waals surface area (Å²) in [4.78, 5) is 18.0. The molecule has 3 aliphatic rings. The first-order valence-corrected chi connectivity index (χ1v) is 11.0. The van der Waals surface area contributed by atoms with E-state index in [9.17, 15) is 4.79 Å². The van der Waals surface area contributed by atoms with Crippen molar-refractivity contribution in [2.75, 3.05) is 39.6 Å². The number of fused-ring (bicyclic) bond motifs is 2. The van der Waals surface area contributed by atoms with Crippen LogP contribution in [0, 0.1) is 0 Å². The van der Waals surface area contributed by atoms with E-state index in [0.29, 0.717) is 49.4 Å². The van der Waals surface area contributed by atoms with E-state index in [0.717, 1.165) is 36.6 Å². The maximum atomic E-state index is 13.6. The van der Waals surface area contributed by atoms with Crippen LogP contribution in [0.25, 0.3) is 0 Å². The molecule has 0 unspecified atom stereocenters. The number of nitrogens with zero attached hydrogens (tertiary/aromatic N) is 2. The molecule has 0 N–H and O–H groups in total. The second kappa shape index (κ2) is 8.67. The molecule has 0 aliphatic carbocycles. The van der Waals surface area contributed by atoms with Crippen molar-refractivity contribution in [3.8, 4) is 23.0 Å².